The molecule has 0 bridgehead atoms. The molecule has 0 aliphatic rings. The molecule has 3 rings (SSSR count). The number of anilines is 1. The lowest BCUT2D eigenvalue weighted by atomic mass is 10.2. The van der Waals surface area contributed by atoms with Gasteiger partial charge in [0.1, 0.15) is 13.2 Å². The Labute approximate surface area is 225 Å². The van der Waals surface area contributed by atoms with E-state index in [9.17, 15) is 13.2 Å². The van der Waals surface area contributed by atoms with Gasteiger partial charge in [0.15, 0.2) is 11.5 Å². The molecule has 37 heavy (non-hydrogen) atoms. The average molecular weight is 587 g/mol. The summed E-state index contributed by atoms with van der Waals surface area (Å²) in [5.41, 5.74) is 5.09. The second-order valence-electron chi connectivity index (χ2n) is 8.04. The first-order valence-electron chi connectivity index (χ1n) is 11.3. The van der Waals surface area contributed by atoms with Crippen LogP contribution in [0.4, 0.5) is 5.69 Å². The van der Waals surface area contributed by atoms with E-state index < -0.39 is 22.5 Å². The van der Waals surface area contributed by atoms with Gasteiger partial charge in [0.2, 0.25) is 0 Å². The van der Waals surface area contributed by atoms with Crippen LogP contribution in [-0.4, -0.2) is 40.8 Å². The summed E-state index contributed by atoms with van der Waals surface area (Å²) in [5.74, 6) is 0.379. The summed E-state index contributed by atoms with van der Waals surface area (Å²) in [4.78, 5) is 12.9. The van der Waals surface area contributed by atoms with Crippen molar-refractivity contribution < 1.29 is 22.7 Å². The first kappa shape index (κ1) is 27.9. The second-order valence-corrected chi connectivity index (χ2v) is 10.8. The molecule has 0 spiro atoms. The molecule has 0 saturated carbocycles. The largest absolute Gasteiger partial charge is 0.493 e. The van der Waals surface area contributed by atoms with Crippen LogP contribution >= 0.6 is 15.9 Å². The van der Waals surface area contributed by atoms with E-state index >= 15 is 0 Å². The van der Waals surface area contributed by atoms with E-state index in [-0.39, 0.29) is 4.90 Å². The number of para-hydroxylation sites is 1. The fourth-order valence-corrected chi connectivity index (χ4v) is 5.48. The van der Waals surface area contributed by atoms with Crippen LogP contribution in [0.1, 0.15) is 16.7 Å². The summed E-state index contributed by atoms with van der Waals surface area (Å²) in [7, 11) is -2.50. The smallest absolute Gasteiger partial charge is 0.264 e. The molecule has 0 fully saturated rings. The van der Waals surface area contributed by atoms with Crippen LogP contribution in [-0.2, 0) is 14.8 Å². The number of halogens is 1. The monoisotopic (exact) mass is 585 g/mol. The molecule has 0 unspecified atom stereocenters. The zero-order valence-electron chi connectivity index (χ0n) is 20.8. The van der Waals surface area contributed by atoms with Crippen LogP contribution in [0.3, 0.4) is 0 Å². The Kier molecular flexibility index (Phi) is 9.48. The maximum absolute atomic E-state index is 13.5. The van der Waals surface area contributed by atoms with Gasteiger partial charge in [-0.15, -0.1) is 0 Å². The number of aryl methyl sites for hydroxylation is 2. The van der Waals surface area contributed by atoms with Gasteiger partial charge in [-0.05, 0) is 71.2 Å². The SMILES string of the molecule is C=CCOc1c(Br)cc(/C=N\NC(=O)CN(c2ccccc2C)S(=O)(=O)c2ccc(C)cc2)cc1OC. The van der Waals surface area contributed by atoms with Gasteiger partial charge in [0.25, 0.3) is 15.9 Å². The third-order valence-electron chi connectivity index (χ3n) is 5.28. The molecule has 194 valence electrons. The third-order valence-corrected chi connectivity index (χ3v) is 7.64. The van der Waals surface area contributed by atoms with Crippen molar-refractivity contribution in [3.8, 4) is 11.5 Å². The highest BCUT2D eigenvalue weighted by atomic mass is 79.9. The normalized spacial score (nSPS) is 11.2. The van der Waals surface area contributed by atoms with Crippen molar-refractivity contribution in [1.82, 2.24) is 5.43 Å². The summed E-state index contributed by atoms with van der Waals surface area (Å²) in [6.45, 7) is 7.14. The van der Waals surface area contributed by atoms with E-state index in [1.165, 1.54) is 25.5 Å². The summed E-state index contributed by atoms with van der Waals surface area (Å²) >= 11 is 3.44. The van der Waals surface area contributed by atoms with Gasteiger partial charge in [-0.3, -0.25) is 9.10 Å². The Morgan fingerprint density at radius 2 is 1.84 bits per heavy atom. The molecule has 8 nitrogen and oxygen atoms in total. The molecule has 10 heteroatoms. The Morgan fingerprint density at radius 1 is 1.14 bits per heavy atom. The highest BCUT2D eigenvalue weighted by Crippen LogP contribution is 2.36. The maximum atomic E-state index is 13.5. The molecule has 3 aromatic carbocycles. The zero-order valence-corrected chi connectivity index (χ0v) is 23.2. The predicted molar refractivity (Wildman–Crippen MR) is 149 cm³/mol. The number of nitrogens with one attached hydrogen (secondary N) is 1. The van der Waals surface area contributed by atoms with E-state index in [1.807, 2.05) is 6.92 Å². The summed E-state index contributed by atoms with van der Waals surface area (Å²) in [6.07, 6.45) is 3.05. The van der Waals surface area contributed by atoms with Gasteiger partial charge in [0, 0.05) is 0 Å². The van der Waals surface area contributed by atoms with Crippen molar-refractivity contribution >= 4 is 43.8 Å². The molecule has 0 radical (unpaired) electrons. The number of hydrogen-bond acceptors (Lipinski definition) is 6. The minimum atomic E-state index is -4.02. The van der Waals surface area contributed by atoms with Crippen LogP contribution in [0.5, 0.6) is 11.5 Å². The molecule has 3 aromatic rings. The Balaban J connectivity index is 1.82. The first-order chi connectivity index (χ1) is 17.7. The molecule has 1 amide bonds. The Bertz CT molecular complexity index is 1410. The number of sulfonamides is 1. The summed E-state index contributed by atoms with van der Waals surface area (Å²) in [5, 5.41) is 4.01. The molecule has 0 aromatic heterocycles. The number of nitrogens with zero attached hydrogens (tertiary/aromatic N) is 2. The highest BCUT2D eigenvalue weighted by Gasteiger charge is 2.28. The van der Waals surface area contributed by atoms with Gasteiger partial charge in [-0.1, -0.05) is 48.6 Å². The van der Waals surface area contributed by atoms with Crippen LogP contribution in [0.15, 0.2) is 87.8 Å². The standard InChI is InChI=1S/C27H28BrN3O5S/c1-5-14-36-27-23(28)15-21(16-25(27)35-4)17-29-30-26(32)18-31(24-9-7-6-8-20(24)3)37(33,34)22-12-10-19(2)11-13-22/h5-13,15-17H,1,14,18H2,2-4H3,(H,30,32)/b29-17-. The van der Waals surface area contributed by atoms with Gasteiger partial charge < -0.3 is 9.47 Å². The zero-order chi connectivity index (χ0) is 27.0. The number of carbonyl (C=O) groups excluding carboxylic acids is 1. The number of rotatable bonds is 11. The van der Waals surface area contributed by atoms with Crippen molar-refractivity contribution in [2.45, 2.75) is 18.7 Å². The van der Waals surface area contributed by atoms with Crippen molar-refractivity contribution in [3.05, 3.63) is 94.5 Å². The quantitative estimate of drug-likeness (QED) is 0.194. The van der Waals surface area contributed by atoms with Gasteiger partial charge in [-0.2, -0.15) is 5.10 Å². The van der Waals surface area contributed by atoms with E-state index in [0.29, 0.717) is 39.4 Å². The van der Waals surface area contributed by atoms with E-state index in [1.54, 1.807) is 61.5 Å². The molecular weight excluding hydrogens is 558 g/mol. The number of benzene rings is 3. The number of hydrogen-bond donors (Lipinski definition) is 1. The van der Waals surface area contributed by atoms with Crippen molar-refractivity contribution in [1.29, 1.82) is 0 Å². The second kappa shape index (κ2) is 12.6. The van der Waals surface area contributed by atoms with E-state index in [0.717, 1.165) is 9.87 Å². The minimum Gasteiger partial charge on any atom is -0.493 e. The van der Waals surface area contributed by atoms with Crippen molar-refractivity contribution in [2.75, 3.05) is 24.6 Å². The molecule has 0 heterocycles. The molecular formula is C27H28BrN3O5S. The fourth-order valence-electron chi connectivity index (χ4n) is 3.42. The fraction of sp³-hybridized carbons (Fsp3) is 0.185. The molecule has 0 aliphatic heterocycles. The van der Waals surface area contributed by atoms with Gasteiger partial charge in [0.05, 0.1) is 28.4 Å². The highest BCUT2D eigenvalue weighted by molar-refractivity contribution is 9.10. The number of methoxy groups -OCH3 is 1. The minimum absolute atomic E-state index is 0.0911. The number of hydrazone groups is 1. The van der Waals surface area contributed by atoms with E-state index in [2.05, 4.69) is 33.0 Å². The lowest BCUT2D eigenvalue weighted by Crippen LogP contribution is -2.40. The van der Waals surface area contributed by atoms with Gasteiger partial charge in [-0.25, -0.2) is 13.8 Å². The number of amides is 1. The molecule has 1 N–H and O–H groups in total. The van der Waals surface area contributed by atoms with Crippen LogP contribution in [0.25, 0.3) is 0 Å². The van der Waals surface area contributed by atoms with E-state index in [4.69, 9.17) is 9.47 Å². The average Bonchev–Trinajstić information content (AvgIpc) is 2.87. The van der Waals surface area contributed by atoms with Crippen LogP contribution in [0.2, 0.25) is 0 Å². The Morgan fingerprint density at radius 3 is 2.49 bits per heavy atom. The lowest BCUT2D eigenvalue weighted by Gasteiger charge is -2.25. The predicted octanol–water partition coefficient (Wildman–Crippen LogP) is 4.98. The van der Waals surface area contributed by atoms with Gasteiger partial charge >= 0.3 is 0 Å². The molecule has 0 saturated heterocycles. The first-order valence-corrected chi connectivity index (χ1v) is 13.5. The van der Waals surface area contributed by atoms with Crippen molar-refractivity contribution in [2.24, 2.45) is 5.10 Å². The Hall–Kier alpha value is -3.63. The van der Waals surface area contributed by atoms with Crippen molar-refractivity contribution in [3.63, 3.8) is 0 Å². The van der Waals surface area contributed by atoms with Crippen LogP contribution < -0.4 is 19.2 Å². The molecule has 0 aliphatic carbocycles. The molecule has 0 atom stereocenters. The van der Waals surface area contributed by atoms with Crippen LogP contribution in [0, 0.1) is 13.8 Å². The number of ether oxygens (including phenoxy) is 2. The topological polar surface area (TPSA) is 97.3 Å². The summed E-state index contributed by atoms with van der Waals surface area (Å²) in [6, 6.07) is 16.9. The summed E-state index contributed by atoms with van der Waals surface area (Å²) < 4.78 is 39.7. The number of carbonyl (C=O) groups is 1. The third kappa shape index (κ3) is 6.99. The lowest BCUT2D eigenvalue weighted by molar-refractivity contribution is -0.119. The maximum Gasteiger partial charge on any atom is 0.264 e.